The Bertz CT molecular complexity index is 1040. The van der Waals surface area contributed by atoms with E-state index in [2.05, 4.69) is 71.5 Å². The molecule has 4 rings (SSSR count). The zero-order valence-electron chi connectivity index (χ0n) is 13.6. The second-order valence-corrected chi connectivity index (χ2v) is 5.95. The largest absolute Gasteiger partial charge is 0.262 e. The summed E-state index contributed by atoms with van der Waals surface area (Å²) in [6.07, 6.45) is 11.6. The highest BCUT2D eigenvalue weighted by molar-refractivity contribution is 5.95. The summed E-state index contributed by atoms with van der Waals surface area (Å²) in [6, 6.07) is 14.7. The molecule has 0 saturated heterocycles. The van der Waals surface area contributed by atoms with Gasteiger partial charge in [-0.25, -0.2) is 0 Å². The van der Waals surface area contributed by atoms with E-state index in [0.717, 1.165) is 23.2 Å². The lowest BCUT2D eigenvalue weighted by Gasteiger charge is -2.09. The molecule has 0 N–H and O–H groups in total. The first-order valence-corrected chi connectivity index (χ1v) is 8.15. The Morgan fingerprint density at radius 2 is 1.83 bits per heavy atom. The molecule has 114 valence electrons. The third-order valence-corrected chi connectivity index (χ3v) is 4.20. The summed E-state index contributed by atoms with van der Waals surface area (Å²) >= 11 is 0. The van der Waals surface area contributed by atoms with E-state index >= 15 is 0 Å². The van der Waals surface area contributed by atoms with Gasteiger partial charge in [0.15, 0.2) is 0 Å². The van der Waals surface area contributed by atoms with Crippen LogP contribution in [-0.2, 0) is 0 Å². The number of nitrogens with zero attached hydrogens (tertiary/aromatic N) is 1. The standard InChI is InChI=1S/C23H17N/c1-17-15-18(13-14-24-17)11-12-23-21-9-4-2-3-7-19(21)16-20-8-5-6-10-22(20)23/h3-10,13-16H,2H2,1H3. The predicted octanol–water partition coefficient (Wildman–Crippen LogP) is 5.37. The van der Waals surface area contributed by atoms with E-state index in [-0.39, 0.29) is 0 Å². The summed E-state index contributed by atoms with van der Waals surface area (Å²) in [6.45, 7) is 1.99. The van der Waals surface area contributed by atoms with Crippen LogP contribution >= 0.6 is 0 Å². The minimum absolute atomic E-state index is 0.960. The quantitative estimate of drug-likeness (QED) is 0.509. The van der Waals surface area contributed by atoms with Crippen LogP contribution in [0.2, 0.25) is 0 Å². The van der Waals surface area contributed by atoms with Gasteiger partial charge in [0.05, 0.1) is 0 Å². The summed E-state index contributed by atoms with van der Waals surface area (Å²) < 4.78 is 0. The van der Waals surface area contributed by atoms with Crippen molar-refractivity contribution < 1.29 is 0 Å². The maximum Gasteiger partial charge on any atom is 0.0405 e. The molecular formula is C23H17N. The number of aromatic nitrogens is 1. The Kier molecular flexibility index (Phi) is 3.73. The van der Waals surface area contributed by atoms with E-state index in [1.165, 1.54) is 21.9 Å². The Hall–Kier alpha value is -3.11. The summed E-state index contributed by atoms with van der Waals surface area (Å²) in [5, 5.41) is 2.43. The number of aryl methyl sites for hydroxylation is 1. The van der Waals surface area contributed by atoms with Gasteiger partial charge in [-0.15, -0.1) is 0 Å². The SMILES string of the molecule is Cc1cc(C#Cc2c3c(cc4ccccc24)C=CCC=C3)ccn1. The van der Waals surface area contributed by atoms with Gasteiger partial charge < -0.3 is 0 Å². The Morgan fingerprint density at radius 1 is 0.958 bits per heavy atom. The molecule has 0 amide bonds. The molecule has 0 radical (unpaired) electrons. The van der Waals surface area contributed by atoms with Crippen molar-refractivity contribution in [1.29, 1.82) is 0 Å². The van der Waals surface area contributed by atoms with Gasteiger partial charge in [0.2, 0.25) is 0 Å². The van der Waals surface area contributed by atoms with Gasteiger partial charge >= 0.3 is 0 Å². The van der Waals surface area contributed by atoms with Crippen molar-refractivity contribution in [3.63, 3.8) is 0 Å². The van der Waals surface area contributed by atoms with Gasteiger partial charge in [-0.1, -0.05) is 60.4 Å². The number of hydrogen-bond donors (Lipinski definition) is 0. The molecular weight excluding hydrogens is 290 g/mol. The highest BCUT2D eigenvalue weighted by Crippen LogP contribution is 2.29. The van der Waals surface area contributed by atoms with Crippen molar-refractivity contribution in [3.05, 3.63) is 88.8 Å². The molecule has 2 aromatic carbocycles. The van der Waals surface area contributed by atoms with Gasteiger partial charge in [-0.2, -0.15) is 0 Å². The minimum Gasteiger partial charge on any atom is -0.262 e. The number of hydrogen-bond acceptors (Lipinski definition) is 1. The highest BCUT2D eigenvalue weighted by atomic mass is 14.6. The van der Waals surface area contributed by atoms with E-state index < -0.39 is 0 Å². The van der Waals surface area contributed by atoms with Crippen LogP contribution in [0.15, 0.2) is 60.8 Å². The molecule has 24 heavy (non-hydrogen) atoms. The fourth-order valence-corrected chi connectivity index (χ4v) is 3.05. The van der Waals surface area contributed by atoms with Gasteiger partial charge in [-0.05, 0) is 53.4 Å². The number of benzene rings is 2. The van der Waals surface area contributed by atoms with Crippen LogP contribution in [0.4, 0.5) is 0 Å². The average molecular weight is 307 g/mol. The molecule has 1 heteroatoms. The van der Waals surface area contributed by atoms with E-state index in [1.807, 2.05) is 25.3 Å². The van der Waals surface area contributed by atoms with E-state index in [9.17, 15) is 0 Å². The lowest BCUT2D eigenvalue weighted by Crippen LogP contribution is -1.91. The molecule has 0 spiro atoms. The summed E-state index contributed by atoms with van der Waals surface area (Å²) in [5.74, 6) is 6.74. The maximum absolute atomic E-state index is 4.24. The Balaban J connectivity index is 1.97. The highest BCUT2D eigenvalue weighted by Gasteiger charge is 2.09. The van der Waals surface area contributed by atoms with Crippen molar-refractivity contribution in [1.82, 2.24) is 4.98 Å². The van der Waals surface area contributed by atoms with Crippen molar-refractivity contribution in [2.24, 2.45) is 0 Å². The van der Waals surface area contributed by atoms with Crippen molar-refractivity contribution in [2.75, 3.05) is 0 Å². The number of pyridine rings is 1. The van der Waals surface area contributed by atoms with E-state index in [1.54, 1.807) is 0 Å². The topological polar surface area (TPSA) is 12.9 Å². The molecule has 0 aliphatic heterocycles. The fourth-order valence-electron chi connectivity index (χ4n) is 3.05. The summed E-state index contributed by atoms with van der Waals surface area (Å²) in [7, 11) is 0. The van der Waals surface area contributed by atoms with Crippen LogP contribution in [0.5, 0.6) is 0 Å². The lowest BCUT2D eigenvalue weighted by molar-refractivity contribution is 1.19. The Labute approximate surface area is 142 Å². The Morgan fingerprint density at radius 3 is 2.75 bits per heavy atom. The molecule has 1 nitrogen and oxygen atoms in total. The van der Waals surface area contributed by atoms with Crippen LogP contribution in [-0.4, -0.2) is 4.98 Å². The molecule has 1 aliphatic carbocycles. The van der Waals surface area contributed by atoms with Crippen LogP contribution in [0.25, 0.3) is 22.9 Å². The predicted molar refractivity (Wildman–Crippen MR) is 102 cm³/mol. The second-order valence-electron chi connectivity index (χ2n) is 5.95. The molecule has 0 saturated carbocycles. The minimum atomic E-state index is 0.960. The number of fused-ring (bicyclic) bond motifs is 2. The average Bonchev–Trinajstić information content (AvgIpc) is 2.84. The van der Waals surface area contributed by atoms with Gasteiger partial charge in [0, 0.05) is 23.0 Å². The van der Waals surface area contributed by atoms with E-state index in [4.69, 9.17) is 0 Å². The second kappa shape index (κ2) is 6.18. The third-order valence-electron chi connectivity index (χ3n) is 4.20. The van der Waals surface area contributed by atoms with Crippen molar-refractivity contribution in [2.45, 2.75) is 13.3 Å². The van der Waals surface area contributed by atoms with Crippen molar-refractivity contribution >= 4 is 22.9 Å². The van der Waals surface area contributed by atoms with Gasteiger partial charge in [-0.3, -0.25) is 4.98 Å². The zero-order valence-corrected chi connectivity index (χ0v) is 13.6. The first-order valence-electron chi connectivity index (χ1n) is 8.15. The molecule has 0 unspecified atom stereocenters. The van der Waals surface area contributed by atoms with Gasteiger partial charge in [0.1, 0.15) is 0 Å². The van der Waals surface area contributed by atoms with Crippen LogP contribution in [0.1, 0.15) is 34.4 Å². The first-order chi connectivity index (χ1) is 11.8. The monoisotopic (exact) mass is 307 g/mol. The third kappa shape index (κ3) is 2.75. The molecule has 1 aliphatic rings. The molecule has 1 aromatic heterocycles. The maximum atomic E-state index is 4.24. The normalized spacial score (nSPS) is 12.4. The van der Waals surface area contributed by atoms with Gasteiger partial charge in [0.25, 0.3) is 0 Å². The van der Waals surface area contributed by atoms with Crippen LogP contribution in [0, 0.1) is 18.8 Å². The molecule has 3 aromatic rings. The van der Waals surface area contributed by atoms with Crippen LogP contribution < -0.4 is 0 Å². The van der Waals surface area contributed by atoms with Crippen LogP contribution in [0.3, 0.4) is 0 Å². The van der Waals surface area contributed by atoms with E-state index in [0.29, 0.717) is 0 Å². The summed E-state index contributed by atoms with van der Waals surface area (Å²) in [5.41, 5.74) is 5.53. The summed E-state index contributed by atoms with van der Waals surface area (Å²) in [4.78, 5) is 4.24. The fraction of sp³-hybridized carbons (Fsp3) is 0.0870. The number of rotatable bonds is 0. The van der Waals surface area contributed by atoms with Crippen molar-refractivity contribution in [3.8, 4) is 11.8 Å². The smallest absolute Gasteiger partial charge is 0.0405 e. The molecule has 0 atom stereocenters. The molecule has 1 heterocycles. The zero-order chi connectivity index (χ0) is 16.4. The molecule has 0 bridgehead atoms. The molecule has 0 fully saturated rings. The first kappa shape index (κ1) is 14.5. The lowest BCUT2D eigenvalue weighted by atomic mass is 9.94. The number of allylic oxidation sites excluding steroid dienone is 2.